The summed E-state index contributed by atoms with van der Waals surface area (Å²) in [5, 5.41) is 23.2. The quantitative estimate of drug-likeness (QED) is 0.0320. The molecule has 2 atom stereocenters. The van der Waals surface area contributed by atoms with E-state index in [-0.39, 0.29) is 18.5 Å². The molecular weight excluding hydrogens is 911 g/mol. The van der Waals surface area contributed by atoms with Crippen LogP contribution in [-0.4, -0.2) is 47.4 Å². The predicted octanol–water partition coefficient (Wildman–Crippen LogP) is 21.1. The number of amides is 1. The van der Waals surface area contributed by atoms with Gasteiger partial charge < -0.3 is 20.3 Å². The highest BCUT2D eigenvalue weighted by Gasteiger charge is 2.18. The summed E-state index contributed by atoms with van der Waals surface area (Å²) in [6, 6.07) is -0.629. The Morgan fingerprint density at radius 1 is 0.378 bits per heavy atom. The molecule has 0 aromatic heterocycles. The molecule has 0 aromatic rings. The van der Waals surface area contributed by atoms with E-state index in [1.54, 1.807) is 6.08 Å². The first-order valence-corrected chi connectivity index (χ1v) is 33.3. The third-order valence-electron chi connectivity index (χ3n) is 15.4. The molecule has 74 heavy (non-hydrogen) atoms. The molecule has 0 saturated carbocycles. The van der Waals surface area contributed by atoms with Gasteiger partial charge in [-0.15, -0.1) is 0 Å². The molecular formula is C68H129NO5. The number of nitrogens with one attached hydrogen (secondary N) is 1. The minimum absolute atomic E-state index is 0.00571. The van der Waals surface area contributed by atoms with Crippen LogP contribution >= 0.6 is 0 Å². The number of esters is 1. The van der Waals surface area contributed by atoms with Crippen LogP contribution in [0.4, 0.5) is 0 Å². The van der Waals surface area contributed by atoms with E-state index in [2.05, 4.69) is 43.5 Å². The van der Waals surface area contributed by atoms with Crippen molar-refractivity contribution < 1.29 is 24.5 Å². The number of aliphatic hydroxyl groups is 2. The molecule has 0 aromatic carbocycles. The Morgan fingerprint density at radius 2 is 0.676 bits per heavy atom. The SMILES string of the molecule is CCCCCC/C=C\C/C=C\CCCCCCCCCC(=O)OCCCCCCCCCCCCCCCCCCCCCCCCC(=O)NC(CO)C(O)/C=C/CCCCCCCCCCCCCCCCC. The standard InChI is InChI=1S/C68H129NO5/c1-3-5-7-9-11-13-15-17-19-21-30-34-38-42-46-50-54-58-62-68(73)74-63-59-55-51-47-43-39-35-31-27-25-23-22-24-26-29-33-37-41-45-49-53-57-61-67(72)69-65(64-70)66(71)60-56-52-48-44-40-36-32-28-20-18-16-14-12-10-8-6-4-2/h13,15,19,21,56,60,65-66,70-71H,3-12,14,16-18,20,22-55,57-59,61-64H2,1-2H3,(H,69,72)/b15-13-,21-19-,60-56+. The Morgan fingerprint density at radius 3 is 1.04 bits per heavy atom. The summed E-state index contributed by atoms with van der Waals surface area (Å²) in [6.45, 7) is 4.91. The lowest BCUT2D eigenvalue weighted by atomic mass is 10.0. The van der Waals surface area contributed by atoms with Crippen LogP contribution in [0.15, 0.2) is 36.5 Å². The van der Waals surface area contributed by atoms with Crippen molar-refractivity contribution in [1.29, 1.82) is 0 Å². The van der Waals surface area contributed by atoms with Gasteiger partial charge >= 0.3 is 5.97 Å². The Kier molecular flexibility index (Phi) is 62.0. The Bertz CT molecular complexity index is 1200. The van der Waals surface area contributed by atoms with Crippen LogP contribution in [0.3, 0.4) is 0 Å². The highest BCUT2D eigenvalue weighted by atomic mass is 16.5. The summed E-state index contributed by atoms with van der Waals surface area (Å²) >= 11 is 0. The molecule has 2 unspecified atom stereocenters. The Hall–Kier alpha value is -1.92. The van der Waals surface area contributed by atoms with Gasteiger partial charge in [-0.05, 0) is 64.2 Å². The number of hydrogen-bond donors (Lipinski definition) is 3. The fourth-order valence-electron chi connectivity index (χ4n) is 10.3. The zero-order valence-corrected chi connectivity index (χ0v) is 49.8. The van der Waals surface area contributed by atoms with Gasteiger partial charge in [0.25, 0.3) is 0 Å². The first-order valence-electron chi connectivity index (χ1n) is 33.3. The van der Waals surface area contributed by atoms with Crippen LogP contribution in [0.25, 0.3) is 0 Å². The third-order valence-corrected chi connectivity index (χ3v) is 15.4. The average Bonchev–Trinajstić information content (AvgIpc) is 3.40. The highest BCUT2D eigenvalue weighted by Crippen LogP contribution is 2.18. The monoisotopic (exact) mass is 1040 g/mol. The van der Waals surface area contributed by atoms with Gasteiger partial charge in [0, 0.05) is 12.8 Å². The normalized spacial score (nSPS) is 12.8. The second-order valence-electron chi connectivity index (χ2n) is 22.8. The molecule has 0 fully saturated rings. The highest BCUT2D eigenvalue weighted by molar-refractivity contribution is 5.76. The Labute approximate surface area is 462 Å². The maximum atomic E-state index is 12.5. The minimum atomic E-state index is -0.845. The van der Waals surface area contributed by atoms with Gasteiger partial charge in [0.05, 0.1) is 25.4 Å². The maximum absolute atomic E-state index is 12.5. The zero-order chi connectivity index (χ0) is 53.6. The molecule has 0 heterocycles. The van der Waals surface area contributed by atoms with Crippen molar-refractivity contribution in [1.82, 2.24) is 5.32 Å². The van der Waals surface area contributed by atoms with Gasteiger partial charge in [0.2, 0.25) is 5.91 Å². The van der Waals surface area contributed by atoms with Crippen LogP contribution < -0.4 is 5.32 Å². The fourth-order valence-corrected chi connectivity index (χ4v) is 10.3. The van der Waals surface area contributed by atoms with Gasteiger partial charge in [-0.25, -0.2) is 0 Å². The number of ether oxygens (including phenoxy) is 1. The molecule has 3 N–H and O–H groups in total. The van der Waals surface area contributed by atoms with Crippen molar-refractivity contribution >= 4 is 11.9 Å². The van der Waals surface area contributed by atoms with E-state index in [1.165, 1.54) is 283 Å². The molecule has 0 spiro atoms. The van der Waals surface area contributed by atoms with Crippen LogP contribution in [0.1, 0.15) is 361 Å². The van der Waals surface area contributed by atoms with E-state index in [4.69, 9.17) is 4.74 Å². The van der Waals surface area contributed by atoms with E-state index in [0.717, 1.165) is 51.4 Å². The largest absolute Gasteiger partial charge is 0.466 e. The number of carbonyl (C=O) groups is 2. The first-order chi connectivity index (χ1) is 36.5. The number of rotatable bonds is 62. The van der Waals surface area contributed by atoms with Gasteiger partial charge in [0.1, 0.15) is 0 Å². The van der Waals surface area contributed by atoms with E-state index in [1.807, 2.05) is 6.08 Å². The molecule has 0 bridgehead atoms. The first kappa shape index (κ1) is 72.1. The molecule has 0 radical (unpaired) electrons. The van der Waals surface area contributed by atoms with Crippen molar-refractivity contribution in [2.75, 3.05) is 13.2 Å². The molecule has 0 saturated heterocycles. The van der Waals surface area contributed by atoms with E-state index in [0.29, 0.717) is 19.4 Å². The molecule has 6 nitrogen and oxygen atoms in total. The van der Waals surface area contributed by atoms with Gasteiger partial charge in [-0.1, -0.05) is 320 Å². The van der Waals surface area contributed by atoms with Crippen LogP contribution in [-0.2, 0) is 14.3 Å². The number of aliphatic hydroxyl groups excluding tert-OH is 2. The summed E-state index contributed by atoms with van der Waals surface area (Å²) < 4.78 is 5.50. The lowest BCUT2D eigenvalue weighted by Gasteiger charge is -2.20. The second kappa shape index (κ2) is 63.6. The van der Waals surface area contributed by atoms with Crippen molar-refractivity contribution in [3.63, 3.8) is 0 Å². The van der Waals surface area contributed by atoms with Gasteiger partial charge in [-0.3, -0.25) is 9.59 Å². The average molecular weight is 1040 g/mol. The molecule has 0 aliphatic rings. The lowest BCUT2D eigenvalue weighted by molar-refractivity contribution is -0.143. The summed E-state index contributed by atoms with van der Waals surface area (Å²) in [5.41, 5.74) is 0. The van der Waals surface area contributed by atoms with E-state index >= 15 is 0 Å². The molecule has 0 aliphatic carbocycles. The summed E-state index contributed by atoms with van der Waals surface area (Å²) in [6.07, 6.45) is 80.5. The smallest absolute Gasteiger partial charge is 0.305 e. The summed E-state index contributed by atoms with van der Waals surface area (Å²) in [4.78, 5) is 24.6. The van der Waals surface area contributed by atoms with Crippen LogP contribution in [0.2, 0.25) is 0 Å². The fraction of sp³-hybridized carbons (Fsp3) is 0.882. The third kappa shape index (κ3) is 59.3. The molecule has 0 rings (SSSR count). The number of hydrogen-bond acceptors (Lipinski definition) is 5. The van der Waals surface area contributed by atoms with E-state index in [9.17, 15) is 19.8 Å². The molecule has 6 heteroatoms. The number of allylic oxidation sites excluding steroid dienone is 5. The van der Waals surface area contributed by atoms with E-state index < -0.39 is 12.1 Å². The second-order valence-corrected chi connectivity index (χ2v) is 22.8. The topological polar surface area (TPSA) is 95.9 Å². The lowest BCUT2D eigenvalue weighted by Crippen LogP contribution is -2.45. The van der Waals surface area contributed by atoms with Gasteiger partial charge in [0.15, 0.2) is 0 Å². The molecule has 1 amide bonds. The predicted molar refractivity (Wildman–Crippen MR) is 324 cm³/mol. The van der Waals surface area contributed by atoms with Crippen molar-refractivity contribution in [3.8, 4) is 0 Å². The summed E-state index contributed by atoms with van der Waals surface area (Å²) in [5.74, 6) is -0.0603. The van der Waals surface area contributed by atoms with Crippen molar-refractivity contribution in [3.05, 3.63) is 36.5 Å². The van der Waals surface area contributed by atoms with Crippen molar-refractivity contribution in [2.24, 2.45) is 0 Å². The number of carbonyl (C=O) groups excluding carboxylic acids is 2. The number of unbranched alkanes of at least 4 members (excludes halogenated alkanes) is 47. The molecule has 436 valence electrons. The zero-order valence-electron chi connectivity index (χ0n) is 49.8. The minimum Gasteiger partial charge on any atom is -0.466 e. The van der Waals surface area contributed by atoms with Crippen molar-refractivity contribution in [2.45, 2.75) is 373 Å². The van der Waals surface area contributed by atoms with Crippen LogP contribution in [0.5, 0.6) is 0 Å². The Balaban J connectivity index is 3.40. The maximum Gasteiger partial charge on any atom is 0.305 e. The van der Waals surface area contributed by atoms with Gasteiger partial charge in [-0.2, -0.15) is 0 Å². The molecule has 0 aliphatic heterocycles. The van der Waals surface area contributed by atoms with Crippen LogP contribution in [0, 0.1) is 0 Å². The summed E-state index contributed by atoms with van der Waals surface area (Å²) in [7, 11) is 0.